The number of carbonyl (C=O) groups excluding carboxylic acids is 3. The van der Waals surface area contributed by atoms with Crippen molar-refractivity contribution in [3.8, 4) is 0 Å². The molecule has 462 valence electrons. The number of allylic oxidation sites excluding steroid dienone is 14. The van der Waals surface area contributed by atoms with Gasteiger partial charge in [0.05, 0.1) is 0 Å². The number of hydrogen-bond acceptors (Lipinski definition) is 6. The first-order chi connectivity index (χ1) is 39.5. The maximum absolute atomic E-state index is 12.9. The normalized spacial score (nSPS) is 12.6. The lowest BCUT2D eigenvalue weighted by molar-refractivity contribution is -0.167. The third-order valence-electron chi connectivity index (χ3n) is 15.1. The molecular weight excluding hydrogens is 985 g/mol. The molecule has 80 heavy (non-hydrogen) atoms. The lowest BCUT2D eigenvalue weighted by atomic mass is 10.0. The molecule has 6 nitrogen and oxygen atoms in total. The Morgan fingerprint density at radius 3 is 0.762 bits per heavy atom. The predicted octanol–water partition coefficient (Wildman–Crippen LogP) is 23.8. The van der Waals surface area contributed by atoms with Crippen LogP contribution in [0.4, 0.5) is 0 Å². The molecule has 1 atom stereocenters. The highest BCUT2D eigenvalue weighted by Gasteiger charge is 2.19. The Balaban J connectivity index is 4.24. The molecule has 0 aromatic heterocycles. The topological polar surface area (TPSA) is 78.9 Å². The van der Waals surface area contributed by atoms with Crippen LogP contribution in [0.25, 0.3) is 0 Å². The van der Waals surface area contributed by atoms with Crippen molar-refractivity contribution in [1.29, 1.82) is 0 Å². The van der Waals surface area contributed by atoms with E-state index in [1.54, 1.807) is 0 Å². The predicted molar refractivity (Wildman–Crippen MR) is 348 cm³/mol. The van der Waals surface area contributed by atoms with E-state index in [9.17, 15) is 14.4 Å². The van der Waals surface area contributed by atoms with Crippen LogP contribution < -0.4 is 0 Å². The Morgan fingerprint density at radius 2 is 0.487 bits per heavy atom. The van der Waals surface area contributed by atoms with Crippen molar-refractivity contribution >= 4 is 17.9 Å². The smallest absolute Gasteiger partial charge is 0.306 e. The molecule has 0 saturated heterocycles. The van der Waals surface area contributed by atoms with E-state index in [2.05, 4.69) is 106 Å². The van der Waals surface area contributed by atoms with Gasteiger partial charge in [-0.05, 0) is 96.3 Å². The molecule has 0 saturated carbocycles. The molecule has 0 aliphatic rings. The van der Waals surface area contributed by atoms with Crippen molar-refractivity contribution < 1.29 is 28.6 Å². The molecule has 0 aliphatic carbocycles. The summed E-state index contributed by atoms with van der Waals surface area (Å²) in [6, 6.07) is 0. The Labute approximate surface area is 496 Å². The van der Waals surface area contributed by atoms with Gasteiger partial charge in [0.1, 0.15) is 13.2 Å². The maximum atomic E-state index is 12.9. The fraction of sp³-hybridized carbons (Fsp3) is 0.770. The van der Waals surface area contributed by atoms with Gasteiger partial charge in [-0.1, -0.05) is 318 Å². The van der Waals surface area contributed by atoms with Gasteiger partial charge < -0.3 is 14.2 Å². The van der Waals surface area contributed by atoms with Crippen LogP contribution in [-0.4, -0.2) is 37.2 Å². The first-order valence-corrected chi connectivity index (χ1v) is 34.6. The molecule has 0 aromatic carbocycles. The third kappa shape index (κ3) is 65.4. The summed E-state index contributed by atoms with van der Waals surface area (Å²) in [5.74, 6) is -0.862. The highest BCUT2D eigenvalue weighted by molar-refractivity contribution is 5.71. The standard InChI is InChI=1S/C74H130O6/c1-4-7-10-13-16-19-22-25-27-29-31-33-34-35-36-37-38-39-40-42-43-45-47-49-52-55-58-61-64-67-73(76)79-70-71(69-78-72(75)66-63-60-57-54-51-24-21-18-15-12-9-6-3)80-74(77)68-65-62-59-56-53-50-48-46-44-41-32-30-28-26-23-20-17-14-11-8-5-2/h7,10,16,19,23,25-27,30-33,35-36,71H,4-6,8-9,11-15,17-18,20-22,24,28-29,34,37-70H2,1-3H3/b10-7-,19-16-,26-23-,27-25-,32-30-,33-31-,36-35-. The van der Waals surface area contributed by atoms with Crippen molar-refractivity contribution in [2.45, 2.75) is 354 Å². The Kier molecular flexibility index (Phi) is 65.2. The van der Waals surface area contributed by atoms with Gasteiger partial charge >= 0.3 is 17.9 Å². The van der Waals surface area contributed by atoms with Crippen molar-refractivity contribution in [3.63, 3.8) is 0 Å². The van der Waals surface area contributed by atoms with Gasteiger partial charge in [0, 0.05) is 19.3 Å². The van der Waals surface area contributed by atoms with Gasteiger partial charge in [-0.3, -0.25) is 14.4 Å². The van der Waals surface area contributed by atoms with Gasteiger partial charge in [-0.2, -0.15) is 0 Å². The summed E-state index contributed by atoms with van der Waals surface area (Å²) < 4.78 is 17.0. The minimum absolute atomic E-state index is 0.0739. The second-order valence-electron chi connectivity index (χ2n) is 23.1. The summed E-state index contributed by atoms with van der Waals surface area (Å²) in [6.07, 6.45) is 90.3. The average molecular weight is 1120 g/mol. The minimum Gasteiger partial charge on any atom is -0.462 e. The second-order valence-corrected chi connectivity index (χ2v) is 23.1. The van der Waals surface area contributed by atoms with E-state index >= 15 is 0 Å². The molecule has 0 heterocycles. The molecule has 0 radical (unpaired) electrons. The summed E-state index contributed by atoms with van der Waals surface area (Å²) in [5, 5.41) is 0. The van der Waals surface area contributed by atoms with Crippen LogP contribution in [-0.2, 0) is 28.6 Å². The molecule has 0 aliphatic heterocycles. The fourth-order valence-corrected chi connectivity index (χ4v) is 9.97. The van der Waals surface area contributed by atoms with Gasteiger partial charge in [0.15, 0.2) is 6.10 Å². The van der Waals surface area contributed by atoms with Crippen molar-refractivity contribution in [3.05, 3.63) is 85.1 Å². The van der Waals surface area contributed by atoms with Crippen molar-refractivity contribution in [2.75, 3.05) is 13.2 Å². The van der Waals surface area contributed by atoms with E-state index in [0.717, 1.165) is 96.3 Å². The number of esters is 3. The zero-order valence-corrected chi connectivity index (χ0v) is 53.1. The van der Waals surface area contributed by atoms with Crippen molar-refractivity contribution in [2.24, 2.45) is 0 Å². The number of unbranched alkanes of at least 4 members (excludes halogenated alkanes) is 38. The van der Waals surface area contributed by atoms with Crippen LogP contribution >= 0.6 is 0 Å². The zero-order valence-electron chi connectivity index (χ0n) is 53.1. The quantitative estimate of drug-likeness (QED) is 0.0261. The summed E-state index contributed by atoms with van der Waals surface area (Å²) in [6.45, 7) is 6.55. The van der Waals surface area contributed by atoms with Crippen molar-refractivity contribution in [1.82, 2.24) is 0 Å². The van der Waals surface area contributed by atoms with Crippen LogP contribution in [0.1, 0.15) is 348 Å². The third-order valence-corrected chi connectivity index (χ3v) is 15.1. The zero-order chi connectivity index (χ0) is 57.8. The highest BCUT2D eigenvalue weighted by atomic mass is 16.6. The number of hydrogen-bond donors (Lipinski definition) is 0. The largest absolute Gasteiger partial charge is 0.462 e. The van der Waals surface area contributed by atoms with Gasteiger partial charge in [-0.15, -0.1) is 0 Å². The lowest BCUT2D eigenvalue weighted by Crippen LogP contribution is -2.30. The molecule has 0 amide bonds. The molecule has 0 N–H and O–H groups in total. The van der Waals surface area contributed by atoms with Crippen LogP contribution in [0.2, 0.25) is 0 Å². The van der Waals surface area contributed by atoms with E-state index < -0.39 is 6.10 Å². The molecule has 0 fully saturated rings. The average Bonchev–Trinajstić information content (AvgIpc) is 3.46. The SMILES string of the molecule is CC/C=C\C/C=C\C/C=C\C/C=C\C/C=C\CCCCCCCCCCCCCCCC(=O)OCC(COC(=O)CCCCCCCCCCCCCC)OC(=O)CCCCCCCCCCC/C=C\C/C=C\CCCCCCC. The van der Waals surface area contributed by atoms with E-state index in [4.69, 9.17) is 14.2 Å². The Hall–Kier alpha value is -3.41. The maximum Gasteiger partial charge on any atom is 0.306 e. The monoisotopic (exact) mass is 1110 g/mol. The van der Waals surface area contributed by atoms with Crippen LogP contribution in [0, 0.1) is 0 Å². The molecular formula is C74H130O6. The summed E-state index contributed by atoms with van der Waals surface area (Å²) in [4.78, 5) is 38.4. The number of carbonyl (C=O) groups is 3. The van der Waals surface area contributed by atoms with Gasteiger partial charge in [-0.25, -0.2) is 0 Å². The lowest BCUT2D eigenvalue weighted by Gasteiger charge is -2.18. The minimum atomic E-state index is -0.778. The summed E-state index contributed by atoms with van der Waals surface area (Å²) in [5.41, 5.74) is 0. The van der Waals surface area contributed by atoms with E-state index in [0.29, 0.717) is 19.3 Å². The number of ether oxygens (including phenoxy) is 3. The second kappa shape index (κ2) is 68.1. The number of rotatable bonds is 63. The molecule has 0 spiro atoms. The molecule has 0 bridgehead atoms. The Bertz CT molecular complexity index is 1520. The first kappa shape index (κ1) is 76.6. The summed E-state index contributed by atoms with van der Waals surface area (Å²) >= 11 is 0. The highest BCUT2D eigenvalue weighted by Crippen LogP contribution is 2.17. The molecule has 6 heteroatoms. The van der Waals surface area contributed by atoms with Crippen LogP contribution in [0.5, 0.6) is 0 Å². The van der Waals surface area contributed by atoms with Crippen LogP contribution in [0.3, 0.4) is 0 Å². The fourth-order valence-electron chi connectivity index (χ4n) is 9.97. The van der Waals surface area contributed by atoms with E-state index in [-0.39, 0.29) is 31.1 Å². The van der Waals surface area contributed by atoms with E-state index in [1.165, 1.54) is 212 Å². The summed E-state index contributed by atoms with van der Waals surface area (Å²) in [7, 11) is 0. The van der Waals surface area contributed by atoms with Gasteiger partial charge in [0.2, 0.25) is 0 Å². The van der Waals surface area contributed by atoms with Gasteiger partial charge in [0.25, 0.3) is 0 Å². The molecule has 0 aromatic rings. The Morgan fingerprint density at radius 1 is 0.263 bits per heavy atom. The van der Waals surface area contributed by atoms with E-state index in [1.807, 2.05) is 0 Å². The molecule has 1 unspecified atom stereocenters. The van der Waals surface area contributed by atoms with Crippen LogP contribution in [0.15, 0.2) is 85.1 Å². The molecule has 0 rings (SSSR count). The first-order valence-electron chi connectivity index (χ1n) is 34.6.